The maximum absolute atomic E-state index is 12.4. The first-order valence-electron chi connectivity index (χ1n) is 7.64. The van der Waals surface area contributed by atoms with Crippen LogP contribution < -0.4 is 10.9 Å². The zero-order valence-electron chi connectivity index (χ0n) is 12.9. The molecule has 0 spiro atoms. The predicted molar refractivity (Wildman–Crippen MR) is 87.4 cm³/mol. The van der Waals surface area contributed by atoms with Gasteiger partial charge in [0.1, 0.15) is 6.04 Å². The van der Waals surface area contributed by atoms with Crippen LogP contribution >= 0.6 is 0 Å². The molecule has 2 aromatic carbocycles. The predicted octanol–water partition coefficient (Wildman–Crippen LogP) is 1.25. The monoisotopic (exact) mass is 323 g/mol. The van der Waals surface area contributed by atoms with Gasteiger partial charge >= 0.3 is 0 Å². The van der Waals surface area contributed by atoms with Crippen LogP contribution in [-0.4, -0.2) is 28.7 Å². The van der Waals surface area contributed by atoms with Crippen LogP contribution in [0.4, 0.5) is 0 Å². The summed E-state index contributed by atoms with van der Waals surface area (Å²) < 4.78 is 0. The average Bonchev–Trinajstić information content (AvgIpc) is 2.89. The summed E-state index contributed by atoms with van der Waals surface area (Å²) in [6, 6.07) is 17.2. The molecule has 1 aliphatic heterocycles. The Morgan fingerprint density at radius 2 is 1.62 bits per heavy atom. The minimum absolute atomic E-state index is 0.0285. The van der Waals surface area contributed by atoms with Crippen molar-refractivity contribution in [2.24, 2.45) is 0 Å². The van der Waals surface area contributed by atoms with Crippen LogP contribution in [0.3, 0.4) is 0 Å². The molecule has 0 aromatic heterocycles. The highest BCUT2D eigenvalue weighted by Gasteiger charge is 2.38. The van der Waals surface area contributed by atoms with Gasteiger partial charge in [-0.15, -0.1) is 0 Å². The first-order valence-corrected chi connectivity index (χ1v) is 7.64. The lowest BCUT2D eigenvalue weighted by Crippen LogP contribution is -2.48. The second-order valence-corrected chi connectivity index (χ2v) is 5.52. The third-order valence-corrected chi connectivity index (χ3v) is 3.82. The molecule has 3 amide bonds. The van der Waals surface area contributed by atoms with E-state index in [1.54, 1.807) is 24.3 Å². The lowest BCUT2D eigenvalue weighted by Gasteiger charge is -2.16. The molecule has 122 valence electrons. The molecular formula is C18H17N3O3. The molecule has 6 nitrogen and oxygen atoms in total. The largest absolute Gasteiger partial charge is 0.287 e. The minimum atomic E-state index is -0.742. The van der Waals surface area contributed by atoms with Crippen LogP contribution in [0.5, 0.6) is 0 Å². The summed E-state index contributed by atoms with van der Waals surface area (Å²) >= 11 is 0. The minimum Gasteiger partial charge on any atom is -0.287 e. The molecule has 2 aromatic rings. The van der Waals surface area contributed by atoms with E-state index < -0.39 is 6.04 Å². The quantitative estimate of drug-likeness (QED) is 0.641. The van der Waals surface area contributed by atoms with Crippen molar-refractivity contribution in [3.8, 4) is 0 Å². The van der Waals surface area contributed by atoms with Crippen LogP contribution in [0.25, 0.3) is 0 Å². The van der Waals surface area contributed by atoms with Crippen molar-refractivity contribution in [3.05, 3.63) is 71.8 Å². The summed E-state index contributed by atoms with van der Waals surface area (Å²) in [6.45, 7) is 0.239. The van der Waals surface area contributed by atoms with Crippen molar-refractivity contribution in [2.45, 2.75) is 19.0 Å². The van der Waals surface area contributed by atoms with Crippen molar-refractivity contribution < 1.29 is 14.4 Å². The Hall–Kier alpha value is -2.99. The summed E-state index contributed by atoms with van der Waals surface area (Å²) in [4.78, 5) is 37.6. The number of rotatable bonds is 5. The van der Waals surface area contributed by atoms with E-state index in [0.717, 1.165) is 5.56 Å². The molecule has 0 saturated carbocycles. The second kappa shape index (κ2) is 7.06. The zero-order valence-corrected chi connectivity index (χ0v) is 12.9. The van der Waals surface area contributed by atoms with Crippen LogP contribution in [0.2, 0.25) is 0 Å². The molecule has 0 aliphatic carbocycles. The van der Waals surface area contributed by atoms with Crippen molar-refractivity contribution >= 4 is 17.7 Å². The Balaban J connectivity index is 1.59. The summed E-state index contributed by atoms with van der Waals surface area (Å²) in [7, 11) is 0. The van der Waals surface area contributed by atoms with Crippen molar-refractivity contribution in [1.82, 2.24) is 15.8 Å². The fraction of sp³-hybridized carbons (Fsp3) is 0.167. The molecule has 2 N–H and O–H groups in total. The average molecular weight is 323 g/mol. The Morgan fingerprint density at radius 1 is 1.00 bits per heavy atom. The highest BCUT2D eigenvalue weighted by atomic mass is 16.2. The van der Waals surface area contributed by atoms with Gasteiger partial charge < -0.3 is 0 Å². The van der Waals surface area contributed by atoms with E-state index >= 15 is 0 Å². The van der Waals surface area contributed by atoms with Crippen LogP contribution in [-0.2, 0) is 16.1 Å². The van der Waals surface area contributed by atoms with Gasteiger partial charge in [-0.3, -0.25) is 24.7 Å². The number of nitrogens with zero attached hydrogens (tertiary/aromatic N) is 1. The molecule has 6 heteroatoms. The number of imide groups is 1. The number of hydrazine groups is 1. The van der Waals surface area contributed by atoms with E-state index in [4.69, 9.17) is 0 Å². The van der Waals surface area contributed by atoms with E-state index in [0.29, 0.717) is 5.56 Å². The Labute approximate surface area is 139 Å². The molecule has 0 bridgehead atoms. The number of hydrogen-bond acceptors (Lipinski definition) is 4. The number of amides is 3. The summed E-state index contributed by atoms with van der Waals surface area (Å²) in [5.41, 5.74) is 6.51. The number of likely N-dealkylation sites (tertiary alicyclic amines) is 1. The van der Waals surface area contributed by atoms with E-state index in [9.17, 15) is 14.4 Å². The highest BCUT2D eigenvalue weighted by Crippen LogP contribution is 2.16. The molecule has 1 aliphatic rings. The van der Waals surface area contributed by atoms with E-state index in [1.165, 1.54) is 4.90 Å². The summed E-state index contributed by atoms with van der Waals surface area (Å²) in [6.07, 6.45) is 0.0285. The van der Waals surface area contributed by atoms with Crippen LogP contribution in [0.1, 0.15) is 22.3 Å². The standard InChI is InChI=1S/C18H17N3O3/c22-16-11-15(19-20-17(23)14-9-5-2-6-10-14)18(24)21(16)12-13-7-3-1-4-8-13/h1-10,15,19H,11-12H2,(H,20,23). The van der Waals surface area contributed by atoms with Gasteiger partial charge in [0.05, 0.1) is 13.0 Å². The third-order valence-electron chi connectivity index (χ3n) is 3.82. The van der Waals surface area contributed by atoms with Gasteiger partial charge in [-0.1, -0.05) is 48.5 Å². The molecule has 1 fully saturated rings. The number of nitrogens with one attached hydrogen (secondary N) is 2. The number of hydrogen-bond donors (Lipinski definition) is 2. The first kappa shape index (κ1) is 15.9. The summed E-state index contributed by atoms with van der Waals surface area (Å²) in [5.74, 6) is -0.940. The van der Waals surface area contributed by atoms with Gasteiger partial charge in [-0.25, -0.2) is 5.43 Å². The smallest absolute Gasteiger partial charge is 0.265 e. The van der Waals surface area contributed by atoms with Gasteiger partial charge in [0.2, 0.25) is 11.8 Å². The topological polar surface area (TPSA) is 78.5 Å². The second-order valence-electron chi connectivity index (χ2n) is 5.52. The number of benzene rings is 2. The Bertz CT molecular complexity index is 747. The van der Waals surface area contributed by atoms with Gasteiger partial charge in [0.15, 0.2) is 0 Å². The fourth-order valence-corrected chi connectivity index (χ4v) is 2.54. The zero-order chi connectivity index (χ0) is 16.9. The molecule has 1 atom stereocenters. The number of carbonyl (C=O) groups is 3. The molecule has 1 saturated heterocycles. The van der Waals surface area contributed by atoms with Gasteiger partial charge in [-0.05, 0) is 17.7 Å². The van der Waals surface area contributed by atoms with Crippen molar-refractivity contribution in [1.29, 1.82) is 0 Å². The third kappa shape index (κ3) is 3.49. The maximum Gasteiger partial charge on any atom is 0.265 e. The van der Waals surface area contributed by atoms with Gasteiger partial charge in [-0.2, -0.15) is 0 Å². The fourth-order valence-electron chi connectivity index (χ4n) is 2.54. The Morgan fingerprint density at radius 3 is 2.29 bits per heavy atom. The van der Waals surface area contributed by atoms with E-state index in [-0.39, 0.29) is 30.7 Å². The van der Waals surface area contributed by atoms with E-state index in [2.05, 4.69) is 10.9 Å². The van der Waals surface area contributed by atoms with Gasteiger partial charge in [0, 0.05) is 5.56 Å². The molecular weight excluding hydrogens is 306 g/mol. The highest BCUT2D eigenvalue weighted by molar-refractivity contribution is 6.05. The molecule has 1 heterocycles. The molecule has 24 heavy (non-hydrogen) atoms. The van der Waals surface area contributed by atoms with Crippen LogP contribution in [0.15, 0.2) is 60.7 Å². The molecule has 1 unspecified atom stereocenters. The van der Waals surface area contributed by atoms with E-state index in [1.807, 2.05) is 36.4 Å². The normalized spacial score (nSPS) is 17.2. The maximum atomic E-state index is 12.4. The Kier molecular flexibility index (Phi) is 4.67. The lowest BCUT2D eigenvalue weighted by atomic mass is 10.2. The summed E-state index contributed by atoms with van der Waals surface area (Å²) in [5, 5.41) is 0. The van der Waals surface area contributed by atoms with Crippen LogP contribution in [0, 0.1) is 0 Å². The SMILES string of the molecule is O=C(NNC1CC(=O)N(Cc2ccccc2)C1=O)c1ccccc1. The molecule has 0 radical (unpaired) electrons. The van der Waals surface area contributed by atoms with Gasteiger partial charge in [0.25, 0.3) is 5.91 Å². The number of carbonyl (C=O) groups excluding carboxylic acids is 3. The lowest BCUT2D eigenvalue weighted by molar-refractivity contribution is -0.139. The van der Waals surface area contributed by atoms with Crippen molar-refractivity contribution in [2.75, 3.05) is 0 Å². The van der Waals surface area contributed by atoms with Crippen molar-refractivity contribution in [3.63, 3.8) is 0 Å². The first-order chi connectivity index (χ1) is 11.6. The molecule has 3 rings (SSSR count).